The Balaban J connectivity index is 1.73. The highest BCUT2D eigenvalue weighted by molar-refractivity contribution is 7.98. The largest absolute Gasteiger partial charge is 0.353 e. The van der Waals surface area contributed by atoms with Crippen LogP contribution < -0.4 is 5.32 Å². The second kappa shape index (κ2) is 12.0. The maximum Gasteiger partial charge on any atom is 0.220 e. The molecule has 168 valence electrons. The zero-order valence-electron chi connectivity index (χ0n) is 17.4. The Hall–Kier alpha value is -2.35. The number of unbranched alkanes of at least 4 members (excludes halogenated alkanes) is 1. The number of benzene rings is 2. The van der Waals surface area contributed by atoms with Gasteiger partial charge < -0.3 is 5.32 Å². The Morgan fingerprint density at radius 3 is 2.78 bits per heavy atom. The third-order valence-electron chi connectivity index (χ3n) is 4.64. The minimum Gasteiger partial charge on any atom is -0.353 e. The first-order valence-electron chi connectivity index (χ1n) is 10.1. The molecule has 32 heavy (non-hydrogen) atoms. The fourth-order valence-electron chi connectivity index (χ4n) is 3.05. The standard InChI is InChI=1S/C23H23Cl2FN4OS/c1-2-12-27-22(31)9-4-3-8-21-28-29-23(30(21)19-7-5-6-17(24)13-19)32-15-16-10-11-18(26)14-20(16)25/h2,5-7,10-11,13-14H,1,3-4,8-9,12,15H2,(H,27,31). The van der Waals surface area contributed by atoms with Gasteiger partial charge >= 0.3 is 0 Å². The van der Waals surface area contributed by atoms with Crippen molar-refractivity contribution in [1.29, 1.82) is 0 Å². The van der Waals surface area contributed by atoms with Gasteiger partial charge in [0.25, 0.3) is 0 Å². The van der Waals surface area contributed by atoms with E-state index in [1.165, 1.54) is 23.9 Å². The Morgan fingerprint density at radius 1 is 1.19 bits per heavy atom. The number of aryl methyl sites for hydroxylation is 1. The van der Waals surface area contributed by atoms with Gasteiger partial charge in [0.1, 0.15) is 11.6 Å². The number of hydrogen-bond acceptors (Lipinski definition) is 4. The molecule has 1 amide bonds. The molecule has 1 heterocycles. The van der Waals surface area contributed by atoms with Crippen LogP contribution in [0.2, 0.25) is 10.0 Å². The summed E-state index contributed by atoms with van der Waals surface area (Å²) in [6.45, 7) is 4.06. The first-order valence-corrected chi connectivity index (χ1v) is 11.9. The summed E-state index contributed by atoms with van der Waals surface area (Å²) in [5.74, 6) is 0.938. The van der Waals surface area contributed by atoms with E-state index in [9.17, 15) is 9.18 Å². The molecular weight excluding hydrogens is 470 g/mol. The number of thioether (sulfide) groups is 1. The molecule has 0 aliphatic carbocycles. The molecular formula is C23H23Cl2FN4OS. The number of carbonyl (C=O) groups is 1. The lowest BCUT2D eigenvalue weighted by Gasteiger charge is -2.11. The molecule has 0 aliphatic heterocycles. The second-order valence-corrected chi connectivity index (χ2v) is 8.82. The SMILES string of the molecule is C=CCNC(=O)CCCCc1nnc(SCc2ccc(F)cc2Cl)n1-c1cccc(Cl)c1. The number of amides is 1. The first kappa shape index (κ1) is 24.3. The van der Waals surface area contributed by atoms with E-state index in [0.29, 0.717) is 40.3 Å². The molecule has 0 bridgehead atoms. The van der Waals surface area contributed by atoms with E-state index in [-0.39, 0.29) is 11.7 Å². The maximum atomic E-state index is 13.3. The highest BCUT2D eigenvalue weighted by atomic mass is 35.5. The molecule has 0 saturated carbocycles. The summed E-state index contributed by atoms with van der Waals surface area (Å²) in [5, 5.41) is 13.2. The van der Waals surface area contributed by atoms with Crippen LogP contribution in [0.25, 0.3) is 5.69 Å². The molecule has 3 aromatic rings. The lowest BCUT2D eigenvalue weighted by Crippen LogP contribution is -2.22. The molecule has 9 heteroatoms. The predicted molar refractivity (Wildman–Crippen MR) is 128 cm³/mol. The molecule has 1 N–H and O–H groups in total. The van der Waals surface area contributed by atoms with Gasteiger partial charge in [0, 0.05) is 35.2 Å². The van der Waals surface area contributed by atoms with Crippen molar-refractivity contribution < 1.29 is 9.18 Å². The van der Waals surface area contributed by atoms with Gasteiger partial charge in [-0.15, -0.1) is 16.8 Å². The molecule has 0 saturated heterocycles. The number of nitrogens with one attached hydrogen (secondary N) is 1. The molecule has 0 unspecified atom stereocenters. The summed E-state index contributed by atoms with van der Waals surface area (Å²) in [6, 6.07) is 11.8. The predicted octanol–water partition coefficient (Wildman–Crippen LogP) is 6.02. The normalized spacial score (nSPS) is 10.8. The van der Waals surface area contributed by atoms with Crippen LogP contribution in [-0.4, -0.2) is 27.2 Å². The molecule has 5 nitrogen and oxygen atoms in total. The van der Waals surface area contributed by atoms with Gasteiger partial charge in [0.15, 0.2) is 5.16 Å². The molecule has 0 atom stereocenters. The van der Waals surface area contributed by atoms with Crippen molar-refractivity contribution in [3.8, 4) is 5.69 Å². The highest BCUT2D eigenvalue weighted by Gasteiger charge is 2.16. The van der Waals surface area contributed by atoms with Crippen molar-refractivity contribution in [3.05, 3.63) is 82.4 Å². The minimum absolute atomic E-state index is 0.00799. The second-order valence-electron chi connectivity index (χ2n) is 7.04. The van der Waals surface area contributed by atoms with Crippen molar-refractivity contribution in [2.24, 2.45) is 0 Å². The van der Waals surface area contributed by atoms with E-state index in [1.807, 2.05) is 28.8 Å². The quantitative estimate of drug-likeness (QED) is 0.202. The van der Waals surface area contributed by atoms with Crippen LogP contribution >= 0.6 is 35.0 Å². The number of rotatable bonds is 11. The smallest absolute Gasteiger partial charge is 0.220 e. The molecule has 0 radical (unpaired) electrons. The average Bonchev–Trinajstić information content (AvgIpc) is 3.17. The number of aromatic nitrogens is 3. The van der Waals surface area contributed by atoms with E-state index in [4.69, 9.17) is 23.2 Å². The molecule has 0 fully saturated rings. The Bertz CT molecular complexity index is 1090. The van der Waals surface area contributed by atoms with Gasteiger partial charge in [-0.25, -0.2) is 4.39 Å². The molecule has 1 aromatic heterocycles. The Morgan fingerprint density at radius 2 is 2.03 bits per heavy atom. The van der Waals surface area contributed by atoms with Crippen LogP contribution in [0.1, 0.15) is 30.7 Å². The third kappa shape index (κ3) is 6.82. The van der Waals surface area contributed by atoms with Gasteiger partial charge in [-0.1, -0.05) is 53.2 Å². The summed E-state index contributed by atoms with van der Waals surface area (Å²) in [6.07, 6.45) is 4.29. The van der Waals surface area contributed by atoms with E-state index in [0.717, 1.165) is 29.9 Å². The fraction of sp³-hybridized carbons (Fsp3) is 0.261. The van der Waals surface area contributed by atoms with Gasteiger partial charge in [-0.05, 0) is 48.7 Å². The Kier molecular flexibility index (Phi) is 9.14. The lowest BCUT2D eigenvalue weighted by atomic mass is 10.1. The maximum absolute atomic E-state index is 13.3. The van der Waals surface area contributed by atoms with Crippen LogP contribution in [0.15, 0.2) is 60.3 Å². The third-order valence-corrected chi connectivity index (χ3v) is 6.20. The van der Waals surface area contributed by atoms with Crippen LogP contribution in [0.4, 0.5) is 4.39 Å². The van der Waals surface area contributed by atoms with Gasteiger partial charge in [-0.2, -0.15) is 0 Å². The highest BCUT2D eigenvalue weighted by Crippen LogP contribution is 2.29. The van der Waals surface area contributed by atoms with E-state index in [1.54, 1.807) is 12.1 Å². The number of hydrogen-bond donors (Lipinski definition) is 1. The first-order chi connectivity index (χ1) is 15.5. The molecule has 0 spiro atoms. The molecule has 0 aliphatic rings. The van der Waals surface area contributed by atoms with Gasteiger partial charge in [0.2, 0.25) is 5.91 Å². The van der Waals surface area contributed by atoms with Crippen molar-refractivity contribution >= 4 is 40.9 Å². The zero-order valence-corrected chi connectivity index (χ0v) is 19.7. The number of nitrogens with zero attached hydrogens (tertiary/aromatic N) is 3. The summed E-state index contributed by atoms with van der Waals surface area (Å²) in [7, 11) is 0. The summed E-state index contributed by atoms with van der Waals surface area (Å²) in [4.78, 5) is 11.8. The van der Waals surface area contributed by atoms with Crippen LogP contribution in [-0.2, 0) is 17.0 Å². The summed E-state index contributed by atoms with van der Waals surface area (Å²) < 4.78 is 15.3. The summed E-state index contributed by atoms with van der Waals surface area (Å²) >= 11 is 13.8. The Labute approximate surface area is 201 Å². The number of halogens is 3. The average molecular weight is 493 g/mol. The molecule has 3 rings (SSSR count). The van der Waals surface area contributed by atoms with E-state index >= 15 is 0 Å². The van der Waals surface area contributed by atoms with Crippen LogP contribution in [0.3, 0.4) is 0 Å². The monoisotopic (exact) mass is 492 g/mol. The van der Waals surface area contributed by atoms with Crippen molar-refractivity contribution in [2.45, 2.75) is 36.6 Å². The topological polar surface area (TPSA) is 59.8 Å². The minimum atomic E-state index is -0.369. The van der Waals surface area contributed by atoms with E-state index < -0.39 is 0 Å². The molecule has 2 aromatic carbocycles. The van der Waals surface area contributed by atoms with Crippen molar-refractivity contribution in [1.82, 2.24) is 20.1 Å². The fourth-order valence-corrected chi connectivity index (χ4v) is 4.53. The van der Waals surface area contributed by atoms with Gasteiger partial charge in [-0.3, -0.25) is 9.36 Å². The summed E-state index contributed by atoms with van der Waals surface area (Å²) in [5.41, 5.74) is 1.67. The van der Waals surface area contributed by atoms with Crippen LogP contribution in [0.5, 0.6) is 0 Å². The van der Waals surface area contributed by atoms with Crippen molar-refractivity contribution in [2.75, 3.05) is 6.54 Å². The van der Waals surface area contributed by atoms with E-state index in [2.05, 4.69) is 22.1 Å². The van der Waals surface area contributed by atoms with Crippen molar-refractivity contribution in [3.63, 3.8) is 0 Å². The zero-order chi connectivity index (χ0) is 22.9. The van der Waals surface area contributed by atoms with Crippen LogP contribution in [0, 0.1) is 5.82 Å². The lowest BCUT2D eigenvalue weighted by molar-refractivity contribution is -0.121. The van der Waals surface area contributed by atoms with Gasteiger partial charge in [0.05, 0.1) is 5.69 Å². The number of carbonyl (C=O) groups excluding carboxylic acids is 1.